The molecule has 1 aliphatic heterocycles. The van der Waals surface area contributed by atoms with E-state index in [0.29, 0.717) is 18.8 Å². The van der Waals surface area contributed by atoms with Crippen LogP contribution in [0.15, 0.2) is 0 Å². The number of methoxy groups -OCH3 is 1. The topological polar surface area (TPSA) is 75.8 Å². The summed E-state index contributed by atoms with van der Waals surface area (Å²) in [4.78, 5) is 13.5. The molecule has 5 heteroatoms. The Hall–Kier alpha value is -0.650. The molecule has 0 radical (unpaired) electrons. The largest absolute Gasteiger partial charge is 0.480 e. The number of hydrogen-bond donors (Lipinski definition) is 2. The average Bonchev–Trinajstić information content (AvgIpc) is 2.40. The molecule has 0 aromatic rings. The fourth-order valence-electron chi connectivity index (χ4n) is 2.67. The molecular formula is C14H28N2O3. The molecule has 0 bridgehead atoms. The minimum atomic E-state index is -1.05. The lowest BCUT2D eigenvalue weighted by Gasteiger charge is -2.32. The molecule has 3 N–H and O–H groups in total. The van der Waals surface area contributed by atoms with Crippen molar-refractivity contribution < 1.29 is 14.6 Å². The van der Waals surface area contributed by atoms with Crippen molar-refractivity contribution in [3.05, 3.63) is 0 Å². The predicted molar refractivity (Wildman–Crippen MR) is 75.1 cm³/mol. The zero-order chi connectivity index (χ0) is 14.3. The number of carboxylic acid groups (broad SMARTS) is 1. The molecule has 0 amide bonds. The highest BCUT2D eigenvalue weighted by Gasteiger charge is 2.31. The fraction of sp³-hybridized carbons (Fsp3) is 0.929. The van der Waals surface area contributed by atoms with Gasteiger partial charge in [-0.1, -0.05) is 6.92 Å². The maximum absolute atomic E-state index is 11.1. The average molecular weight is 272 g/mol. The van der Waals surface area contributed by atoms with Crippen molar-refractivity contribution in [2.75, 3.05) is 33.4 Å². The third-order valence-electron chi connectivity index (χ3n) is 4.26. The quantitative estimate of drug-likeness (QED) is 0.697. The molecule has 0 spiro atoms. The van der Waals surface area contributed by atoms with Gasteiger partial charge < -0.3 is 20.5 Å². The predicted octanol–water partition coefficient (Wildman–Crippen LogP) is 1.32. The molecule has 1 heterocycles. The number of nitrogens with two attached hydrogens (primary N) is 1. The summed E-state index contributed by atoms with van der Waals surface area (Å²) in [6.07, 6.45) is 4.24. The molecule has 0 aliphatic carbocycles. The van der Waals surface area contributed by atoms with E-state index in [1.165, 1.54) is 12.8 Å². The highest BCUT2D eigenvalue weighted by molar-refractivity contribution is 5.78. The second kappa shape index (κ2) is 7.82. The van der Waals surface area contributed by atoms with Crippen molar-refractivity contribution in [3.63, 3.8) is 0 Å². The van der Waals surface area contributed by atoms with E-state index in [4.69, 9.17) is 15.6 Å². The minimum Gasteiger partial charge on any atom is -0.480 e. The van der Waals surface area contributed by atoms with Gasteiger partial charge in [0.05, 0.1) is 0 Å². The van der Waals surface area contributed by atoms with Crippen molar-refractivity contribution in [1.82, 2.24) is 4.90 Å². The third kappa shape index (κ3) is 5.09. The molecule has 1 rings (SSSR count). The number of rotatable bonds is 8. The lowest BCUT2D eigenvalue weighted by atomic mass is 9.91. The molecule has 1 aliphatic rings. The lowest BCUT2D eigenvalue weighted by Crippen LogP contribution is -2.48. The molecule has 0 aromatic carbocycles. The van der Waals surface area contributed by atoms with Crippen LogP contribution in [-0.2, 0) is 9.53 Å². The summed E-state index contributed by atoms with van der Waals surface area (Å²) in [7, 11) is 1.75. The Morgan fingerprint density at radius 2 is 2.11 bits per heavy atom. The van der Waals surface area contributed by atoms with Crippen molar-refractivity contribution in [2.45, 2.75) is 44.6 Å². The van der Waals surface area contributed by atoms with E-state index in [2.05, 4.69) is 4.90 Å². The number of ether oxygens (including phenoxy) is 1. The van der Waals surface area contributed by atoms with Crippen molar-refractivity contribution >= 4 is 5.97 Å². The van der Waals surface area contributed by atoms with Gasteiger partial charge in [-0.15, -0.1) is 0 Å². The highest BCUT2D eigenvalue weighted by Crippen LogP contribution is 2.19. The van der Waals surface area contributed by atoms with Gasteiger partial charge in [-0.25, -0.2) is 0 Å². The summed E-state index contributed by atoms with van der Waals surface area (Å²) >= 11 is 0. The monoisotopic (exact) mass is 272 g/mol. The number of hydrogen-bond acceptors (Lipinski definition) is 4. The summed E-state index contributed by atoms with van der Waals surface area (Å²) in [6, 6.07) is 0. The molecule has 1 saturated heterocycles. The Balaban J connectivity index is 2.22. The minimum absolute atomic E-state index is 0.484. The van der Waals surface area contributed by atoms with Crippen molar-refractivity contribution in [3.8, 4) is 0 Å². The number of likely N-dealkylation sites (tertiary alicyclic amines) is 1. The molecule has 1 fully saturated rings. The molecule has 19 heavy (non-hydrogen) atoms. The summed E-state index contributed by atoms with van der Waals surface area (Å²) in [5, 5.41) is 9.11. The third-order valence-corrected chi connectivity index (χ3v) is 4.26. The zero-order valence-electron chi connectivity index (χ0n) is 12.2. The molecular weight excluding hydrogens is 244 g/mol. The Labute approximate surface area is 116 Å². The zero-order valence-corrected chi connectivity index (χ0v) is 12.2. The van der Waals surface area contributed by atoms with Crippen LogP contribution in [0.4, 0.5) is 0 Å². The van der Waals surface area contributed by atoms with Gasteiger partial charge in [-0.3, -0.25) is 4.79 Å². The second-order valence-corrected chi connectivity index (χ2v) is 5.66. The molecule has 0 saturated carbocycles. The van der Waals surface area contributed by atoms with E-state index >= 15 is 0 Å². The SMILES string of the molecule is CCC(N)(CCCN1CCC(COC)CC1)C(=O)O. The summed E-state index contributed by atoms with van der Waals surface area (Å²) in [5.74, 6) is -0.196. The van der Waals surface area contributed by atoms with Crippen LogP contribution in [0.2, 0.25) is 0 Å². The number of carboxylic acids is 1. The Morgan fingerprint density at radius 1 is 1.47 bits per heavy atom. The summed E-state index contributed by atoms with van der Waals surface area (Å²) < 4.78 is 5.18. The first kappa shape index (κ1) is 16.4. The van der Waals surface area contributed by atoms with E-state index in [1.807, 2.05) is 6.92 Å². The lowest BCUT2D eigenvalue weighted by molar-refractivity contribution is -0.143. The Morgan fingerprint density at radius 3 is 2.58 bits per heavy atom. The van der Waals surface area contributed by atoms with E-state index in [0.717, 1.165) is 32.7 Å². The van der Waals surface area contributed by atoms with Crippen molar-refractivity contribution in [2.24, 2.45) is 11.7 Å². The maximum atomic E-state index is 11.1. The van der Waals surface area contributed by atoms with Gasteiger partial charge >= 0.3 is 5.97 Å². The van der Waals surface area contributed by atoms with Crippen LogP contribution in [0.5, 0.6) is 0 Å². The van der Waals surface area contributed by atoms with Crippen LogP contribution >= 0.6 is 0 Å². The van der Waals surface area contributed by atoms with Crippen LogP contribution in [0.3, 0.4) is 0 Å². The van der Waals surface area contributed by atoms with E-state index in [9.17, 15) is 4.79 Å². The van der Waals surface area contributed by atoms with Crippen molar-refractivity contribution in [1.29, 1.82) is 0 Å². The first-order valence-electron chi connectivity index (χ1n) is 7.25. The molecule has 5 nitrogen and oxygen atoms in total. The van der Waals surface area contributed by atoms with Gasteiger partial charge in [0.1, 0.15) is 5.54 Å². The molecule has 1 atom stereocenters. The Kier molecular flexibility index (Phi) is 6.75. The number of aliphatic carboxylic acids is 1. The van der Waals surface area contributed by atoms with Crippen LogP contribution in [-0.4, -0.2) is 54.9 Å². The normalized spacial score (nSPS) is 21.2. The van der Waals surface area contributed by atoms with Crippen LogP contribution in [0, 0.1) is 5.92 Å². The van der Waals surface area contributed by atoms with Gasteiger partial charge in [0.25, 0.3) is 0 Å². The summed E-state index contributed by atoms with van der Waals surface area (Å²) in [5.41, 5.74) is 4.84. The number of carbonyl (C=O) groups is 1. The second-order valence-electron chi connectivity index (χ2n) is 5.66. The molecule has 1 unspecified atom stereocenters. The number of nitrogens with zero attached hydrogens (tertiary/aromatic N) is 1. The smallest absolute Gasteiger partial charge is 0.323 e. The van der Waals surface area contributed by atoms with Crippen LogP contribution in [0.1, 0.15) is 39.0 Å². The van der Waals surface area contributed by atoms with E-state index in [1.54, 1.807) is 7.11 Å². The van der Waals surface area contributed by atoms with Gasteiger partial charge in [0.15, 0.2) is 0 Å². The molecule has 112 valence electrons. The Bertz CT molecular complexity index is 278. The first-order valence-corrected chi connectivity index (χ1v) is 7.25. The molecule has 0 aromatic heterocycles. The number of piperidine rings is 1. The highest BCUT2D eigenvalue weighted by atomic mass is 16.5. The van der Waals surface area contributed by atoms with Crippen LogP contribution in [0.25, 0.3) is 0 Å². The van der Waals surface area contributed by atoms with Gasteiger partial charge in [0, 0.05) is 13.7 Å². The van der Waals surface area contributed by atoms with Gasteiger partial charge in [0.2, 0.25) is 0 Å². The standard InChI is InChI=1S/C14H28N2O3/c1-3-14(15,13(17)18)7-4-8-16-9-5-12(6-10-16)11-19-2/h12H,3-11,15H2,1-2H3,(H,17,18). The van der Waals surface area contributed by atoms with Crippen LogP contribution < -0.4 is 5.73 Å². The van der Waals surface area contributed by atoms with Gasteiger partial charge in [-0.2, -0.15) is 0 Å². The van der Waals surface area contributed by atoms with Gasteiger partial charge in [-0.05, 0) is 57.7 Å². The van der Waals surface area contributed by atoms with E-state index in [-0.39, 0.29) is 0 Å². The summed E-state index contributed by atoms with van der Waals surface area (Å²) in [6.45, 7) is 5.82. The first-order chi connectivity index (χ1) is 9.01. The van der Waals surface area contributed by atoms with E-state index < -0.39 is 11.5 Å². The fourth-order valence-corrected chi connectivity index (χ4v) is 2.67. The maximum Gasteiger partial charge on any atom is 0.323 e.